The summed E-state index contributed by atoms with van der Waals surface area (Å²) in [6.07, 6.45) is -0.111. The first-order chi connectivity index (χ1) is 5.77. The minimum atomic E-state index is -0.111. The van der Waals surface area contributed by atoms with E-state index in [2.05, 4.69) is 4.99 Å². The summed E-state index contributed by atoms with van der Waals surface area (Å²) in [7, 11) is 0. The second-order valence-corrected chi connectivity index (χ2v) is 2.76. The summed E-state index contributed by atoms with van der Waals surface area (Å²) in [6, 6.07) is 7.60. The number of fused-ring (bicyclic) bond motifs is 1. The standard InChI is InChI=1S/C9H10N2O/c1-6-9(10)11-7-4-2-3-5-8(7)12-6/h2-6H,1H3,(H2,10,11). The molecular formula is C9H10N2O. The van der Waals surface area contributed by atoms with Crippen LogP contribution in [0.4, 0.5) is 5.69 Å². The lowest BCUT2D eigenvalue weighted by Crippen LogP contribution is -2.33. The van der Waals surface area contributed by atoms with Gasteiger partial charge in [-0.15, -0.1) is 0 Å². The number of ether oxygens (including phenoxy) is 1. The van der Waals surface area contributed by atoms with Crippen molar-refractivity contribution in [1.29, 1.82) is 0 Å². The zero-order valence-corrected chi connectivity index (χ0v) is 6.82. The molecule has 2 rings (SSSR count). The first-order valence-electron chi connectivity index (χ1n) is 3.87. The summed E-state index contributed by atoms with van der Waals surface area (Å²) in [6.45, 7) is 1.88. The Morgan fingerprint density at radius 2 is 2.17 bits per heavy atom. The van der Waals surface area contributed by atoms with E-state index in [-0.39, 0.29) is 6.10 Å². The Kier molecular flexibility index (Phi) is 1.50. The number of nitrogens with zero attached hydrogens (tertiary/aromatic N) is 1. The summed E-state index contributed by atoms with van der Waals surface area (Å²) >= 11 is 0. The molecule has 3 heteroatoms. The van der Waals surface area contributed by atoms with Gasteiger partial charge in [-0.1, -0.05) is 12.1 Å². The van der Waals surface area contributed by atoms with E-state index in [0.717, 1.165) is 11.4 Å². The van der Waals surface area contributed by atoms with E-state index in [4.69, 9.17) is 10.5 Å². The number of nitrogens with two attached hydrogens (primary N) is 1. The van der Waals surface area contributed by atoms with Crippen LogP contribution in [0.5, 0.6) is 5.75 Å². The Balaban J connectivity index is 2.49. The summed E-state index contributed by atoms with van der Waals surface area (Å²) < 4.78 is 5.49. The van der Waals surface area contributed by atoms with Crippen LogP contribution in [-0.2, 0) is 0 Å². The molecule has 1 atom stereocenters. The summed E-state index contributed by atoms with van der Waals surface area (Å²) in [5, 5.41) is 0. The fourth-order valence-corrected chi connectivity index (χ4v) is 1.13. The number of amidine groups is 1. The molecule has 12 heavy (non-hydrogen) atoms. The van der Waals surface area contributed by atoms with Gasteiger partial charge >= 0.3 is 0 Å². The lowest BCUT2D eigenvalue weighted by molar-refractivity contribution is 0.281. The molecule has 1 aliphatic rings. The van der Waals surface area contributed by atoms with Gasteiger partial charge < -0.3 is 10.5 Å². The van der Waals surface area contributed by atoms with E-state index in [1.165, 1.54) is 0 Å². The van der Waals surface area contributed by atoms with Gasteiger partial charge in [0, 0.05) is 0 Å². The van der Waals surface area contributed by atoms with Crippen LogP contribution in [0, 0.1) is 0 Å². The third-order valence-corrected chi connectivity index (χ3v) is 1.84. The molecule has 0 saturated heterocycles. The summed E-state index contributed by atoms with van der Waals surface area (Å²) in [5.74, 6) is 1.34. The van der Waals surface area contributed by atoms with E-state index in [1.54, 1.807) is 0 Å². The van der Waals surface area contributed by atoms with Crippen LogP contribution in [0.3, 0.4) is 0 Å². The van der Waals surface area contributed by atoms with Crippen LogP contribution in [0.1, 0.15) is 6.92 Å². The van der Waals surface area contributed by atoms with Crippen molar-refractivity contribution < 1.29 is 4.74 Å². The highest BCUT2D eigenvalue weighted by Crippen LogP contribution is 2.30. The molecule has 0 fully saturated rings. The topological polar surface area (TPSA) is 47.6 Å². The zero-order chi connectivity index (χ0) is 8.55. The molecule has 0 aromatic heterocycles. The molecule has 1 aromatic rings. The van der Waals surface area contributed by atoms with Crippen LogP contribution in [0.2, 0.25) is 0 Å². The minimum absolute atomic E-state index is 0.111. The molecule has 1 heterocycles. The minimum Gasteiger partial charge on any atom is -0.481 e. The Labute approximate surface area is 70.9 Å². The second kappa shape index (κ2) is 2.52. The van der Waals surface area contributed by atoms with Crippen molar-refractivity contribution >= 4 is 11.5 Å². The van der Waals surface area contributed by atoms with E-state index < -0.39 is 0 Å². The maximum Gasteiger partial charge on any atom is 0.153 e. The monoisotopic (exact) mass is 162 g/mol. The first kappa shape index (κ1) is 7.16. The zero-order valence-electron chi connectivity index (χ0n) is 6.82. The quantitative estimate of drug-likeness (QED) is 0.627. The third kappa shape index (κ3) is 1.03. The van der Waals surface area contributed by atoms with Crippen LogP contribution in [0.15, 0.2) is 29.3 Å². The molecule has 0 bridgehead atoms. The average Bonchev–Trinajstić information content (AvgIpc) is 2.07. The highest BCUT2D eigenvalue weighted by Gasteiger charge is 2.16. The number of benzene rings is 1. The SMILES string of the molecule is CC1Oc2ccccc2N=C1N. The van der Waals surface area contributed by atoms with Crippen molar-refractivity contribution in [2.24, 2.45) is 10.7 Å². The number of para-hydroxylation sites is 2. The smallest absolute Gasteiger partial charge is 0.153 e. The van der Waals surface area contributed by atoms with Crippen LogP contribution in [0.25, 0.3) is 0 Å². The Morgan fingerprint density at radius 3 is 3.00 bits per heavy atom. The molecule has 2 N–H and O–H groups in total. The number of hydrogen-bond acceptors (Lipinski definition) is 3. The van der Waals surface area contributed by atoms with Crippen molar-refractivity contribution in [3.8, 4) is 5.75 Å². The van der Waals surface area contributed by atoms with Gasteiger partial charge in [0.05, 0.1) is 0 Å². The lowest BCUT2D eigenvalue weighted by Gasteiger charge is -2.20. The van der Waals surface area contributed by atoms with Gasteiger partial charge in [0.2, 0.25) is 0 Å². The van der Waals surface area contributed by atoms with Crippen molar-refractivity contribution in [2.75, 3.05) is 0 Å². The van der Waals surface area contributed by atoms with Crippen molar-refractivity contribution in [1.82, 2.24) is 0 Å². The molecule has 0 spiro atoms. The Bertz CT molecular complexity index is 333. The molecular weight excluding hydrogens is 152 g/mol. The van der Waals surface area contributed by atoms with Crippen molar-refractivity contribution in [3.05, 3.63) is 24.3 Å². The molecule has 0 radical (unpaired) electrons. The molecule has 1 aliphatic heterocycles. The maximum absolute atomic E-state index is 5.62. The third-order valence-electron chi connectivity index (χ3n) is 1.84. The van der Waals surface area contributed by atoms with Crippen molar-refractivity contribution in [3.63, 3.8) is 0 Å². The van der Waals surface area contributed by atoms with E-state index in [9.17, 15) is 0 Å². The Hall–Kier alpha value is -1.51. The molecule has 3 nitrogen and oxygen atoms in total. The van der Waals surface area contributed by atoms with Gasteiger partial charge in [0.1, 0.15) is 17.3 Å². The van der Waals surface area contributed by atoms with E-state index in [1.807, 2.05) is 31.2 Å². The Morgan fingerprint density at radius 1 is 1.42 bits per heavy atom. The van der Waals surface area contributed by atoms with Gasteiger partial charge in [-0.25, -0.2) is 4.99 Å². The summed E-state index contributed by atoms with van der Waals surface area (Å²) in [4.78, 5) is 4.20. The van der Waals surface area contributed by atoms with Crippen LogP contribution >= 0.6 is 0 Å². The number of hydrogen-bond donors (Lipinski definition) is 1. The first-order valence-corrected chi connectivity index (χ1v) is 3.87. The largest absolute Gasteiger partial charge is 0.481 e. The fraction of sp³-hybridized carbons (Fsp3) is 0.222. The lowest BCUT2D eigenvalue weighted by atomic mass is 10.2. The molecule has 0 saturated carbocycles. The van der Waals surface area contributed by atoms with Gasteiger partial charge in [-0.3, -0.25) is 0 Å². The molecule has 0 aliphatic carbocycles. The molecule has 1 unspecified atom stereocenters. The predicted octanol–water partition coefficient (Wildman–Crippen LogP) is 1.46. The predicted molar refractivity (Wildman–Crippen MR) is 47.8 cm³/mol. The number of aliphatic imine (C=N–C) groups is 1. The van der Waals surface area contributed by atoms with E-state index >= 15 is 0 Å². The molecule has 0 amide bonds. The second-order valence-electron chi connectivity index (χ2n) is 2.76. The fourth-order valence-electron chi connectivity index (χ4n) is 1.13. The molecule has 1 aromatic carbocycles. The maximum atomic E-state index is 5.62. The van der Waals surface area contributed by atoms with Gasteiger partial charge in [0.15, 0.2) is 6.10 Å². The average molecular weight is 162 g/mol. The van der Waals surface area contributed by atoms with Gasteiger partial charge in [0.25, 0.3) is 0 Å². The summed E-state index contributed by atoms with van der Waals surface area (Å²) in [5.41, 5.74) is 6.43. The normalized spacial score (nSPS) is 20.8. The van der Waals surface area contributed by atoms with Crippen LogP contribution < -0.4 is 10.5 Å². The highest BCUT2D eigenvalue weighted by molar-refractivity contribution is 5.89. The van der Waals surface area contributed by atoms with Crippen molar-refractivity contribution in [2.45, 2.75) is 13.0 Å². The number of rotatable bonds is 0. The highest BCUT2D eigenvalue weighted by atomic mass is 16.5. The molecule has 62 valence electrons. The van der Waals surface area contributed by atoms with E-state index in [0.29, 0.717) is 5.84 Å². The van der Waals surface area contributed by atoms with Crippen LogP contribution in [-0.4, -0.2) is 11.9 Å². The van der Waals surface area contributed by atoms with Gasteiger partial charge in [-0.2, -0.15) is 0 Å². The van der Waals surface area contributed by atoms with Gasteiger partial charge in [-0.05, 0) is 19.1 Å².